The van der Waals surface area contributed by atoms with Crippen molar-refractivity contribution in [2.75, 3.05) is 0 Å². The molecule has 1 aliphatic carbocycles. The molecule has 5 atom stereocenters. The molecule has 0 radical (unpaired) electrons. The molecule has 1 amide bonds. The third kappa shape index (κ3) is 2.80. The largest absolute Gasteiger partial charge is 0.480 e. The molecule has 1 N–H and O–H groups in total. The summed E-state index contributed by atoms with van der Waals surface area (Å²) in [6.07, 6.45) is 7.19. The van der Waals surface area contributed by atoms with Crippen LogP contribution in [0.1, 0.15) is 58.3 Å². The molecular formula is C16H25NO4. The van der Waals surface area contributed by atoms with Crippen molar-refractivity contribution in [2.45, 2.75) is 82.6 Å². The van der Waals surface area contributed by atoms with E-state index >= 15 is 0 Å². The predicted molar refractivity (Wildman–Crippen MR) is 76.8 cm³/mol. The number of nitrogens with zero attached hydrogens (tertiary/aromatic N) is 1. The first-order valence-electron chi connectivity index (χ1n) is 8.28. The van der Waals surface area contributed by atoms with Crippen LogP contribution in [-0.2, 0) is 14.3 Å². The standard InChI is InChI=1S/C16H25NO4/c1-10-6-9-14(21-10)15(18)17-12-5-3-2-4-11(12)7-8-13(17)16(19)20/h10-14H,2-9H2,1H3,(H,19,20). The summed E-state index contributed by atoms with van der Waals surface area (Å²) in [4.78, 5) is 26.1. The molecule has 0 spiro atoms. The molecule has 5 heteroatoms. The number of carbonyl (C=O) groups is 2. The second-order valence-electron chi connectivity index (χ2n) is 6.80. The molecule has 5 unspecified atom stereocenters. The van der Waals surface area contributed by atoms with Crippen molar-refractivity contribution in [1.29, 1.82) is 0 Å². The molecule has 0 aromatic heterocycles. The molecule has 0 aromatic rings. The van der Waals surface area contributed by atoms with Gasteiger partial charge >= 0.3 is 5.97 Å². The smallest absolute Gasteiger partial charge is 0.326 e. The molecule has 2 aliphatic heterocycles. The maximum absolute atomic E-state index is 12.9. The van der Waals surface area contributed by atoms with Crippen molar-refractivity contribution in [3.63, 3.8) is 0 Å². The third-order valence-corrected chi connectivity index (χ3v) is 5.42. The molecule has 118 valence electrons. The first-order chi connectivity index (χ1) is 10.1. The number of hydrogen-bond donors (Lipinski definition) is 1. The van der Waals surface area contributed by atoms with Crippen LogP contribution in [0.2, 0.25) is 0 Å². The van der Waals surface area contributed by atoms with Gasteiger partial charge in [0.1, 0.15) is 12.1 Å². The fourth-order valence-electron chi connectivity index (χ4n) is 4.34. The Hall–Kier alpha value is -1.10. The van der Waals surface area contributed by atoms with Crippen LogP contribution in [0.25, 0.3) is 0 Å². The van der Waals surface area contributed by atoms with E-state index in [1.165, 1.54) is 6.42 Å². The van der Waals surface area contributed by atoms with Crippen molar-refractivity contribution < 1.29 is 19.4 Å². The molecule has 2 saturated heterocycles. The van der Waals surface area contributed by atoms with E-state index < -0.39 is 18.1 Å². The van der Waals surface area contributed by atoms with E-state index in [9.17, 15) is 14.7 Å². The number of piperidine rings is 1. The minimum Gasteiger partial charge on any atom is -0.480 e. The zero-order valence-corrected chi connectivity index (χ0v) is 12.7. The van der Waals surface area contributed by atoms with Crippen molar-refractivity contribution in [1.82, 2.24) is 4.90 Å². The Morgan fingerprint density at radius 3 is 2.48 bits per heavy atom. The number of ether oxygens (including phenoxy) is 1. The Kier molecular flexibility index (Phi) is 4.20. The second kappa shape index (κ2) is 5.95. The number of hydrogen-bond acceptors (Lipinski definition) is 3. The van der Waals surface area contributed by atoms with Gasteiger partial charge in [0.2, 0.25) is 0 Å². The van der Waals surface area contributed by atoms with Gasteiger partial charge < -0.3 is 14.7 Å². The summed E-state index contributed by atoms with van der Waals surface area (Å²) in [5.74, 6) is -0.459. The quantitative estimate of drug-likeness (QED) is 0.848. The molecule has 0 aromatic carbocycles. The number of aliphatic carboxylic acids is 1. The fraction of sp³-hybridized carbons (Fsp3) is 0.875. The van der Waals surface area contributed by atoms with E-state index in [2.05, 4.69) is 0 Å². The molecule has 5 nitrogen and oxygen atoms in total. The van der Waals surface area contributed by atoms with Gasteiger partial charge in [-0.25, -0.2) is 4.79 Å². The van der Waals surface area contributed by atoms with Gasteiger partial charge in [0.15, 0.2) is 0 Å². The molecule has 3 fully saturated rings. The number of amides is 1. The summed E-state index contributed by atoms with van der Waals surface area (Å²) < 4.78 is 5.70. The lowest BCUT2D eigenvalue weighted by Gasteiger charge is -2.47. The van der Waals surface area contributed by atoms with Gasteiger partial charge in [0, 0.05) is 6.04 Å². The summed E-state index contributed by atoms with van der Waals surface area (Å²) in [6, 6.07) is -0.544. The van der Waals surface area contributed by atoms with Crippen molar-refractivity contribution in [3.8, 4) is 0 Å². The first kappa shape index (κ1) is 14.8. The van der Waals surface area contributed by atoms with Gasteiger partial charge in [-0.05, 0) is 51.4 Å². The normalized spacial score (nSPS) is 39.9. The van der Waals surface area contributed by atoms with Crippen molar-refractivity contribution in [3.05, 3.63) is 0 Å². The Morgan fingerprint density at radius 1 is 1.05 bits per heavy atom. The number of likely N-dealkylation sites (tertiary alicyclic amines) is 1. The average Bonchev–Trinajstić information content (AvgIpc) is 2.91. The second-order valence-corrected chi connectivity index (χ2v) is 6.80. The fourth-order valence-corrected chi connectivity index (χ4v) is 4.34. The highest BCUT2D eigenvalue weighted by molar-refractivity contribution is 5.87. The van der Waals surface area contributed by atoms with Crippen LogP contribution in [0, 0.1) is 5.92 Å². The van der Waals surface area contributed by atoms with Crippen LogP contribution in [0.5, 0.6) is 0 Å². The van der Waals surface area contributed by atoms with Crippen molar-refractivity contribution >= 4 is 11.9 Å². The number of fused-ring (bicyclic) bond motifs is 1. The summed E-state index contributed by atoms with van der Waals surface area (Å²) in [7, 11) is 0. The Labute approximate surface area is 125 Å². The highest BCUT2D eigenvalue weighted by atomic mass is 16.5. The van der Waals surface area contributed by atoms with Crippen LogP contribution in [0.4, 0.5) is 0 Å². The molecule has 3 rings (SSSR count). The predicted octanol–water partition coefficient (Wildman–Crippen LogP) is 2.19. The topological polar surface area (TPSA) is 66.8 Å². The Morgan fingerprint density at radius 2 is 1.81 bits per heavy atom. The van der Waals surface area contributed by atoms with E-state index in [0.29, 0.717) is 12.3 Å². The van der Waals surface area contributed by atoms with E-state index in [0.717, 1.165) is 38.5 Å². The molecule has 2 heterocycles. The zero-order chi connectivity index (χ0) is 15.0. The highest BCUT2D eigenvalue weighted by Gasteiger charge is 2.46. The van der Waals surface area contributed by atoms with Gasteiger partial charge in [0.25, 0.3) is 5.91 Å². The SMILES string of the molecule is CC1CCC(C(=O)N2C(C(=O)O)CCC3CCCCC32)O1. The Bertz CT molecular complexity index is 425. The number of carbonyl (C=O) groups excluding carboxylic acids is 1. The van der Waals surface area contributed by atoms with E-state index in [1.807, 2.05) is 6.92 Å². The molecule has 1 saturated carbocycles. The summed E-state index contributed by atoms with van der Waals surface area (Å²) >= 11 is 0. The zero-order valence-electron chi connectivity index (χ0n) is 12.7. The van der Waals surface area contributed by atoms with Crippen molar-refractivity contribution in [2.24, 2.45) is 5.92 Å². The van der Waals surface area contributed by atoms with E-state index in [-0.39, 0.29) is 18.1 Å². The van der Waals surface area contributed by atoms with Crippen LogP contribution in [-0.4, -0.2) is 46.2 Å². The number of rotatable bonds is 2. The van der Waals surface area contributed by atoms with Gasteiger partial charge in [0.05, 0.1) is 6.10 Å². The maximum Gasteiger partial charge on any atom is 0.326 e. The molecular weight excluding hydrogens is 270 g/mol. The van der Waals surface area contributed by atoms with Crippen LogP contribution in [0.15, 0.2) is 0 Å². The minimum absolute atomic E-state index is 0.0802. The van der Waals surface area contributed by atoms with Gasteiger partial charge in [-0.2, -0.15) is 0 Å². The Balaban J connectivity index is 1.81. The van der Waals surface area contributed by atoms with E-state index in [4.69, 9.17) is 4.74 Å². The summed E-state index contributed by atoms with van der Waals surface area (Å²) in [6.45, 7) is 1.97. The summed E-state index contributed by atoms with van der Waals surface area (Å²) in [5, 5.41) is 9.51. The highest BCUT2D eigenvalue weighted by Crippen LogP contribution is 2.39. The third-order valence-electron chi connectivity index (χ3n) is 5.42. The number of carboxylic acids is 1. The van der Waals surface area contributed by atoms with Gasteiger partial charge in [-0.15, -0.1) is 0 Å². The van der Waals surface area contributed by atoms with Crippen LogP contribution < -0.4 is 0 Å². The molecule has 21 heavy (non-hydrogen) atoms. The lowest BCUT2D eigenvalue weighted by molar-refractivity contribution is -0.164. The molecule has 0 bridgehead atoms. The average molecular weight is 295 g/mol. The number of carboxylic acid groups (broad SMARTS) is 1. The van der Waals surface area contributed by atoms with E-state index in [1.54, 1.807) is 4.90 Å². The van der Waals surface area contributed by atoms with Gasteiger partial charge in [-0.3, -0.25) is 4.79 Å². The maximum atomic E-state index is 12.9. The monoisotopic (exact) mass is 295 g/mol. The first-order valence-corrected chi connectivity index (χ1v) is 8.28. The lowest BCUT2D eigenvalue weighted by atomic mass is 9.76. The van der Waals surface area contributed by atoms with Crippen LogP contribution in [0.3, 0.4) is 0 Å². The lowest BCUT2D eigenvalue weighted by Crippen LogP contribution is -2.59. The minimum atomic E-state index is -0.863. The van der Waals surface area contributed by atoms with Gasteiger partial charge in [-0.1, -0.05) is 12.8 Å². The molecule has 3 aliphatic rings. The summed E-state index contributed by atoms with van der Waals surface area (Å²) in [5.41, 5.74) is 0. The van der Waals surface area contributed by atoms with Crippen LogP contribution >= 0.6 is 0 Å².